The van der Waals surface area contributed by atoms with Crippen molar-refractivity contribution in [1.29, 1.82) is 0 Å². The molecule has 0 unspecified atom stereocenters. The van der Waals surface area contributed by atoms with Crippen LogP contribution in [0, 0.1) is 0 Å². The number of nitrogens with one attached hydrogen (secondary N) is 1. The first kappa shape index (κ1) is 30.9. The second-order valence-electron chi connectivity index (χ2n) is 10.5. The normalized spacial score (nSPS) is 21.5. The van der Waals surface area contributed by atoms with Crippen LogP contribution in [0.25, 0.3) is 0 Å². The highest BCUT2D eigenvalue weighted by molar-refractivity contribution is 7.98. The Hall–Kier alpha value is -2.01. The van der Waals surface area contributed by atoms with Gasteiger partial charge in [-0.15, -0.1) is 0 Å². The maximum atomic E-state index is 9.89. The van der Waals surface area contributed by atoms with Crippen LogP contribution in [0.5, 0.6) is 11.5 Å². The molecule has 0 saturated carbocycles. The Kier molecular flexibility index (Phi) is 12.7. The smallest absolute Gasteiger partial charge is 0.142 e. The number of anilines is 1. The van der Waals surface area contributed by atoms with Crippen molar-refractivity contribution in [1.82, 2.24) is 5.32 Å². The minimum atomic E-state index is -0.524. The number of aliphatic hydroxyl groups excluding tert-OH is 1. The molecule has 0 amide bonds. The second-order valence-corrected chi connectivity index (χ2v) is 11.5. The molecule has 2 aromatic rings. The van der Waals surface area contributed by atoms with Crippen LogP contribution in [0.3, 0.4) is 0 Å². The van der Waals surface area contributed by atoms with Crippen molar-refractivity contribution in [3.8, 4) is 11.5 Å². The van der Waals surface area contributed by atoms with Gasteiger partial charge in [0.25, 0.3) is 0 Å². The van der Waals surface area contributed by atoms with Crippen LogP contribution in [0.1, 0.15) is 36.8 Å². The molecule has 9 heteroatoms. The number of thioether (sulfide) groups is 1. The van der Waals surface area contributed by atoms with Crippen LogP contribution >= 0.6 is 11.8 Å². The van der Waals surface area contributed by atoms with E-state index in [4.69, 9.17) is 23.7 Å². The van der Waals surface area contributed by atoms with Gasteiger partial charge < -0.3 is 39.0 Å². The molecule has 0 spiro atoms. The molecule has 2 heterocycles. The van der Waals surface area contributed by atoms with E-state index in [2.05, 4.69) is 46.8 Å². The molecule has 222 valence electrons. The Morgan fingerprint density at radius 3 is 2.62 bits per heavy atom. The van der Waals surface area contributed by atoms with E-state index in [1.807, 2.05) is 23.9 Å². The van der Waals surface area contributed by atoms with Crippen LogP contribution in [0.4, 0.5) is 5.69 Å². The minimum Gasteiger partial charge on any atom is -0.494 e. The Morgan fingerprint density at radius 2 is 1.88 bits per heavy atom. The second kappa shape index (κ2) is 16.4. The first-order valence-corrected chi connectivity index (χ1v) is 15.8. The summed E-state index contributed by atoms with van der Waals surface area (Å²) in [6.45, 7) is 7.92. The van der Waals surface area contributed by atoms with E-state index in [0.29, 0.717) is 19.8 Å². The molecule has 2 aliphatic rings. The van der Waals surface area contributed by atoms with Gasteiger partial charge in [0.05, 0.1) is 50.4 Å². The van der Waals surface area contributed by atoms with Crippen molar-refractivity contribution >= 4 is 17.4 Å². The molecule has 4 atom stereocenters. The van der Waals surface area contributed by atoms with Gasteiger partial charge in [-0.25, -0.2) is 0 Å². The van der Waals surface area contributed by atoms with Crippen LogP contribution in [0.15, 0.2) is 42.5 Å². The van der Waals surface area contributed by atoms with E-state index in [0.717, 1.165) is 79.8 Å². The van der Waals surface area contributed by atoms with Gasteiger partial charge in [0.15, 0.2) is 0 Å². The zero-order valence-corrected chi connectivity index (χ0v) is 25.0. The van der Waals surface area contributed by atoms with Gasteiger partial charge in [0.1, 0.15) is 18.1 Å². The van der Waals surface area contributed by atoms with Crippen molar-refractivity contribution in [2.75, 3.05) is 76.6 Å². The van der Waals surface area contributed by atoms with Gasteiger partial charge in [0.2, 0.25) is 0 Å². The van der Waals surface area contributed by atoms with Gasteiger partial charge >= 0.3 is 0 Å². The number of ether oxygens (including phenoxy) is 5. The van der Waals surface area contributed by atoms with Gasteiger partial charge in [-0.3, -0.25) is 0 Å². The molecule has 0 aliphatic carbocycles. The van der Waals surface area contributed by atoms with Crippen molar-refractivity contribution in [3.63, 3.8) is 0 Å². The van der Waals surface area contributed by atoms with E-state index in [1.165, 1.54) is 0 Å². The summed E-state index contributed by atoms with van der Waals surface area (Å²) in [5.74, 6) is 2.92. The van der Waals surface area contributed by atoms with E-state index >= 15 is 0 Å². The molecule has 0 aromatic heterocycles. The molecule has 8 nitrogen and oxygen atoms in total. The summed E-state index contributed by atoms with van der Waals surface area (Å²) in [6.07, 6.45) is 3.38. The van der Waals surface area contributed by atoms with Crippen molar-refractivity contribution in [2.45, 2.75) is 50.6 Å². The number of nitrogens with zero attached hydrogens (tertiary/aromatic N) is 1. The summed E-state index contributed by atoms with van der Waals surface area (Å²) >= 11 is 1.83. The number of aliphatic hydroxyl groups is 1. The van der Waals surface area contributed by atoms with Crippen LogP contribution in [-0.4, -0.2) is 95.1 Å². The van der Waals surface area contributed by atoms with Crippen LogP contribution < -0.4 is 19.7 Å². The fourth-order valence-corrected chi connectivity index (χ4v) is 5.71. The first-order valence-electron chi connectivity index (χ1n) is 14.4. The van der Waals surface area contributed by atoms with Gasteiger partial charge in [-0.2, -0.15) is 11.8 Å². The number of piperidine rings is 1. The highest BCUT2D eigenvalue weighted by Gasteiger charge is 2.36. The van der Waals surface area contributed by atoms with Gasteiger partial charge in [-0.05, 0) is 67.2 Å². The largest absolute Gasteiger partial charge is 0.494 e. The maximum absolute atomic E-state index is 9.89. The Labute approximate surface area is 243 Å². The molecule has 40 heavy (non-hydrogen) atoms. The minimum absolute atomic E-state index is 0.0250. The number of hydrogen-bond acceptors (Lipinski definition) is 9. The summed E-state index contributed by atoms with van der Waals surface area (Å²) in [4.78, 5) is 2.37. The lowest BCUT2D eigenvalue weighted by molar-refractivity contribution is -0.0752. The molecular weight excluding hydrogens is 528 g/mol. The zero-order chi connectivity index (χ0) is 28.2. The third kappa shape index (κ3) is 8.99. The summed E-state index contributed by atoms with van der Waals surface area (Å²) in [7, 11) is 1.74. The lowest BCUT2D eigenvalue weighted by atomic mass is 9.85. The van der Waals surface area contributed by atoms with Crippen molar-refractivity contribution in [3.05, 3.63) is 53.6 Å². The molecule has 0 bridgehead atoms. The average molecular weight is 575 g/mol. The van der Waals surface area contributed by atoms with Crippen LogP contribution in [-0.2, 0) is 20.8 Å². The topological polar surface area (TPSA) is 81.7 Å². The van der Waals surface area contributed by atoms with Gasteiger partial charge in [-0.1, -0.05) is 18.2 Å². The molecule has 2 aliphatic heterocycles. The Morgan fingerprint density at radius 1 is 1.07 bits per heavy atom. The number of benzene rings is 2. The maximum Gasteiger partial charge on any atom is 0.142 e. The first-order chi connectivity index (χ1) is 19.6. The van der Waals surface area contributed by atoms with Crippen molar-refractivity contribution < 1.29 is 28.8 Å². The summed E-state index contributed by atoms with van der Waals surface area (Å²) in [6, 6.07) is 14.7. The lowest BCUT2D eigenvalue weighted by Gasteiger charge is -2.39. The van der Waals surface area contributed by atoms with Crippen LogP contribution in [0.2, 0.25) is 0 Å². The Bertz CT molecular complexity index is 1010. The molecule has 2 N–H and O–H groups in total. The molecular formula is C31H46N2O6S. The fraction of sp³-hybridized carbons (Fsp3) is 0.613. The Balaban J connectivity index is 1.45. The molecule has 1 saturated heterocycles. The predicted octanol–water partition coefficient (Wildman–Crippen LogP) is 4.09. The summed E-state index contributed by atoms with van der Waals surface area (Å²) in [5.41, 5.74) is 3.38. The van der Waals surface area contributed by atoms with Crippen molar-refractivity contribution in [2.24, 2.45) is 0 Å². The summed E-state index contributed by atoms with van der Waals surface area (Å²) in [5, 5.41) is 13.4. The highest BCUT2D eigenvalue weighted by atomic mass is 32.2. The van der Waals surface area contributed by atoms with E-state index in [-0.39, 0.29) is 24.7 Å². The highest BCUT2D eigenvalue weighted by Crippen LogP contribution is 2.35. The third-order valence-electron chi connectivity index (χ3n) is 7.29. The van der Waals surface area contributed by atoms with E-state index in [9.17, 15) is 5.11 Å². The lowest BCUT2D eigenvalue weighted by Crippen LogP contribution is -2.51. The molecule has 2 aromatic carbocycles. The predicted molar refractivity (Wildman–Crippen MR) is 161 cm³/mol. The zero-order valence-electron chi connectivity index (χ0n) is 24.2. The van der Waals surface area contributed by atoms with Gasteiger partial charge in [0, 0.05) is 39.3 Å². The standard InChI is InChI=1S/C31H46N2O6S/c1-23(34)21-38-29-19-32-20-30(31(29)25-7-9-26(10-8-25)36-15-5-17-40-3)39-22-24-6-11-28-27(18-24)33(13-16-37-28)12-4-14-35-2/h6-11,18,23,29-32,34H,4-5,12-17,19-22H2,1-3H3/t23-,29-,30+,31+/m1/s1. The molecule has 0 radical (unpaired) electrons. The average Bonchev–Trinajstić information content (AvgIpc) is 2.98. The number of hydrogen-bond donors (Lipinski definition) is 2. The summed E-state index contributed by atoms with van der Waals surface area (Å²) < 4.78 is 29.9. The number of methoxy groups -OCH3 is 1. The quantitative estimate of drug-likeness (QED) is 0.288. The molecule has 1 fully saturated rings. The fourth-order valence-electron chi connectivity index (χ4n) is 5.30. The SMILES string of the molecule is COCCCN1CCOc2ccc(CO[C@H]3CNC[C@@H](OC[C@@H](C)O)[C@@H]3c3ccc(OCCCSC)cc3)cc21. The number of rotatable bonds is 16. The van der Waals surface area contributed by atoms with E-state index < -0.39 is 6.10 Å². The third-order valence-corrected chi connectivity index (χ3v) is 7.99. The van der Waals surface area contributed by atoms with E-state index in [1.54, 1.807) is 14.0 Å². The molecule has 4 rings (SSSR count). The monoisotopic (exact) mass is 574 g/mol. The number of fused-ring (bicyclic) bond motifs is 1.